The van der Waals surface area contributed by atoms with Gasteiger partial charge in [-0.1, -0.05) is 0 Å². The maximum Gasteiger partial charge on any atom is 0.280 e. The summed E-state index contributed by atoms with van der Waals surface area (Å²) in [6.45, 7) is 2.25. The number of carbonyl (C=O) groups is 2. The van der Waals surface area contributed by atoms with Crippen molar-refractivity contribution < 1.29 is 9.59 Å². The molecule has 0 radical (unpaired) electrons. The van der Waals surface area contributed by atoms with Gasteiger partial charge in [-0.25, -0.2) is 0 Å². The van der Waals surface area contributed by atoms with Gasteiger partial charge in [-0.15, -0.1) is 0 Å². The van der Waals surface area contributed by atoms with Gasteiger partial charge >= 0.3 is 0 Å². The van der Waals surface area contributed by atoms with Crippen LogP contribution in [0, 0.1) is 0 Å². The molecule has 0 saturated carbocycles. The van der Waals surface area contributed by atoms with E-state index in [2.05, 4.69) is 10.9 Å². The van der Waals surface area contributed by atoms with E-state index >= 15 is 0 Å². The van der Waals surface area contributed by atoms with Crippen LogP contribution in [0.1, 0.15) is 13.8 Å². The fraction of sp³-hybridized carbons (Fsp3) is 0.143. The molecule has 2 heterocycles. The van der Waals surface area contributed by atoms with Gasteiger partial charge in [0.25, 0.3) is 22.2 Å². The zero-order valence-electron chi connectivity index (χ0n) is 12.5. The Morgan fingerprint density at radius 3 is 1.12 bits per heavy atom. The molecular weight excluding hydrogens is 320 g/mol. The largest absolute Gasteiger partial charge is 0.280 e. The average Bonchev–Trinajstić information content (AvgIpc) is 2.86. The standard InChI is InChI=1S/C14H10N4O6/c1-5(19)15-17-11(21)7-3-9-10(4-8(7)12(17)22)14(24)18(13(9)23)16-6(2)20/h3-4H,1-2H3,(H,15,19)(H,16,20). The number of aromatic nitrogens is 2. The van der Waals surface area contributed by atoms with Crippen LogP contribution < -0.4 is 33.1 Å². The number of hydrogen-bond donors (Lipinski definition) is 2. The van der Waals surface area contributed by atoms with E-state index in [-0.39, 0.29) is 21.5 Å². The lowest BCUT2D eigenvalue weighted by Crippen LogP contribution is -2.37. The Balaban J connectivity index is 2.43. The van der Waals surface area contributed by atoms with E-state index in [1.165, 1.54) is 0 Å². The number of hydrogen-bond acceptors (Lipinski definition) is 6. The molecule has 2 aromatic heterocycles. The fourth-order valence-corrected chi connectivity index (χ4v) is 2.49. The van der Waals surface area contributed by atoms with Crippen molar-refractivity contribution in [2.24, 2.45) is 0 Å². The molecule has 10 heteroatoms. The number of amides is 2. The van der Waals surface area contributed by atoms with E-state index in [4.69, 9.17) is 0 Å². The summed E-state index contributed by atoms with van der Waals surface area (Å²) in [4.78, 5) is 71.0. The van der Waals surface area contributed by atoms with Crippen LogP contribution in [-0.2, 0) is 9.59 Å². The number of fused-ring (bicyclic) bond motifs is 2. The first-order chi connectivity index (χ1) is 11.2. The van der Waals surface area contributed by atoms with Crippen molar-refractivity contribution in [2.45, 2.75) is 13.8 Å². The minimum Gasteiger partial charge on any atom is -0.274 e. The topological polar surface area (TPSA) is 136 Å². The number of rotatable bonds is 2. The van der Waals surface area contributed by atoms with Crippen LogP contribution in [0.2, 0.25) is 0 Å². The second-order valence-corrected chi connectivity index (χ2v) is 5.17. The molecular formula is C14H10N4O6. The normalized spacial score (nSPS) is 11.1. The highest BCUT2D eigenvalue weighted by molar-refractivity contribution is 5.98. The molecule has 0 atom stereocenters. The van der Waals surface area contributed by atoms with E-state index < -0.39 is 34.1 Å². The van der Waals surface area contributed by atoms with E-state index in [0.29, 0.717) is 9.35 Å². The minimum atomic E-state index is -0.814. The summed E-state index contributed by atoms with van der Waals surface area (Å²) in [7, 11) is 0. The van der Waals surface area contributed by atoms with Crippen molar-refractivity contribution >= 4 is 33.4 Å². The third kappa shape index (κ3) is 2.04. The second kappa shape index (κ2) is 4.98. The van der Waals surface area contributed by atoms with Crippen LogP contribution in [-0.4, -0.2) is 21.2 Å². The van der Waals surface area contributed by atoms with Gasteiger partial charge in [-0.3, -0.25) is 39.6 Å². The molecule has 0 unspecified atom stereocenters. The Bertz CT molecular complexity index is 1070. The lowest BCUT2D eigenvalue weighted by Gasteiger charge is -1.97. The quantitative estimate of drug-likeness (QED) is 0.563. The Kier molecular flexibility index (Phi) is 3.18. The molecule has 0 spiro atoms. The Morgan fingerprint density at radius 1 is 0.667 bits per heavy atom. The predicted octanol–water partition coefficient (Wildman–Crippen LogP) is -1.91. The molecule has 2 amide bonds. The summed E-state index contributed by atoms with van der Waals surface area (Å²) in [5, 5.41) is -0.451. The monoisotopic (exact) mass is 330 g/mol. The highest BCUT2D eigenvalue weighted by Crippen LogP contribution is 2.13. The van der Waals surface area contributed by atoms with Gasteiger partial charge in [0.1, 0.15) is 0 Å². The Labute approximate surface area is 131 Å². The molecule has 0 fully saturated rings. The summed E-state index contributed by atoms with van der Waals surface area (Å²) in [5.41, 5.74) is 0.902. The molecule has 24 heavy (non-hydrogen) atoms. The SMILES string of the molecule is CC(=O)Nn1c(=O)c2cc3c(=O)n(NC(C)=O)c(=O)c3cc2c1=O. The fourth-order valence-electron chi connectivity index (χ4n) is 2.49. The van der Waals surface area contributed by atoms with Gasteiger partial charge in [0.2, 0.25) is 11.8 Å². The van der Waals surface area contributed by atoms with Crippen LogP contribution >= 0.6 is 0 Å². The van der Waals surface area contributed by atoms with Crippen LogP contribution in [0.3, 0.4) is 0 Å². The molecule has 122 valence electrons. The van der Waals surface area contributed by atoms with E-state index in [9.17, 15) is 28.8 Å². The predicted molar refractivity (Wildman–Crippen MR) is 85.0 cm³/mol. The van der Waals surface area contributed by atoms with E-state index in [1.54, 1.807) is 0 Å². The highest BCUT2D eigenvalue weighted by atomic mass is 16.2. The molecule has 2 N–H and O–H groups in total. The zero-order valence-corrected chi connectivity index (χ0v) is 12.5. The molecule has 3 aromatic rings. The van der Waals surface area contributed by atoms with Crippen molar-refractivity contribution in [3.8, 4) is 0 Å². The molecule has 0 bridgehead atoms. The van der Waals surface area contributed by atoms with Gasteiger partial charge in [0.15, 0.2) is 0 Å². The van der Waals surface area contributed by atoms with Crippen molar-refractivity contribution in [2.75, 3.05) is 10.9 Å². The third-order valence-corrected chi connectivity index (χ3v) is 3.43. The van der Waals surface area contributed by atoms with Gasteiger partial charge in [-0.05, 0) is 12.1 Å². The minimum absolute atomic E-state index is 0.113. The van der Waals surface area contributed by atoms with Gasteiger partial charge < -0.3 is 0 Å². The van der Waals surface area contributed by atoms with Crippen LogP contribution in [0.4, 0.5) is 0 Å². The lowest BCUT2D eigenvalue weighted by molar-refractivity contribution is -0.116. The van der Waals surface area contributed by atoms with E-state index in [0.717, 1.165) is 26.0 Å². The van der Waals surface area contributed by atoms with Gasteiger partial charge in [0.05, 0.1) is 21.5 Å². The van der Waals surface area contributed by atoms with Crippen LogP contribution in [0.5, 0.6) is 0 Å². The van der Waals surface area contributed by atoms with Crippen LogP contribution in [0.25, 0.3) is 21.5 Å². The molecule has 10 nitrogen and oxygen atoms in total. The molecule has 3 rings (SSSR count). The van der Waals surface area contributed by atoms with Gasteiger partial charge in [0, 0.05) is 13.8 Å². The summed E-state index contributed by atoms with van der Waals surface area (Å²) in [6.07, 6.45) is 0. The van der Waals surface area contributed by atoms with Crippen molar-refractivity contribution in [3.05, 3.63) is 53.5 Å². The van der Waals surface area contributed by atoms with Crippen LogP contribution in [0.15, 0.2) is 31.3 Å². The highest BCUT2D eigenvalue weighted by Gasteiger charge is 2.20. The molecule has 1 aromatic carbocycles. The van der Waals surface area contributed by atoms with Crippen molar-refractivity contribution in [1.29, 1.82) is 0 Å². The number of nitrogens with zero attached hydrogens (tertiary/aromatic N) is 2. The van der Waals surface area contributed by atoms with Crippen molar-refractivity contribution in [1.82, 2.24) is 9.35 Å². The average molecular weight is 330 g/mol. The Morgan fingerprint density at radius 2 is 0.917 bits per heavy atom. The molecule has 0 aliphatic rings. The van der Waals surface area contributed by atoms with Gasteiger partial charge in [-0.2, -0.15) is 9.35 Å². The molecule has 0 aliphatic heterocycles. The summed E-state index contributed by atoms with van der Waals surface area (Å²) in [5.74, 6) is -1.25. The summed E-state index contributed by atoms with van der Waals surface area (Å²) >= 11 is 0. The molecule has 0 aliphatic carbocycles. The first-order valence-electron chi connectivity index (χ1n) is 6.72. The molecule has 0 saturated heterocycles. The number of nitrogens with one attached hydrogen (secondary N) is 2. The first-order valence-corrected chi connectivity index (χ1v) is 6.72. The zero-order chi connectivity index (χ0) is 17.8. The third-order valence-electron chi connectivity index (χ3n) is 3.43. The number of carbonyl (C=O) groups excluding carboxylic acids is 2. The smallest absolute Gasteiger partial charge is 0.274 e. The van der Waals surface area contributed by atoms with E-state index in [1.807, 2.05) is 0 Å². The summed E-state index contributed by atoms with van der Waals surface area (Å²) in [6, 6.07) is 2.21. The number of benzene rings is 1. The lowest BCUT2D eigenvalue weighted by atomic mass is 10.1. The maximum atomic E-state index is 12.2. The Hall–Kier alpha value is -3.56. The second-order valence-electron chi connectivity index (χ2n) is 5.17. The maximum absolute atomic E-state index is 12.2. The summed E-state index contributed by atoms with van der Waals surface area (Å²) < 4.78 is 1.03. The first kappa shape index (κ1) is 15.3. The van der Waals surface area contributed by atoms with Crippen molar-refractivity contribution in [3.63, 3.8) is 0 Å².